The van der Waals surface area contributed by atoms with Crippen molar-refractivity contribution >= 4 is 17.6 Å². The lowest BCUT2D eigenvalue weighted by Gasteiger charge is -2.25. The minimum Gasteiger partial charge on any atom is -0.388 e. The van der Waals surface area contributed by atoms with Crippen LogP contribution in [0.15, 0.2) is 42.5 Å². The van der Waals surface area contributed by atoms with E-state index in [1.165, 1.54) is 32.3 Å². The number of ether oxygens (including phenoxy) is 1. The van der Waals surface area contributed by atoms with Crippen LogP contribution in [-0.2, 0) is 20.9 Å². The summed E-state index contributed by atoms with van der Waals surface area (Å²) < 4.78 is 20.1. The lowest BCUT2D eigenvalue weighted by atomic mass is 10.1. The minimum atomic E-state index is -1.44. The van der Waals surface area contributed by atoms with E-state index in [0.29, 0.717) is 18.7 Å². The van der Waals surface area contributed by atoms with Gasteiger partial charge in [0.15, 0.2) is 11.8 Å². The zero-order valence-electron chi connectivity index (χ0n) is 20.4. The lowest BCUT2D eigenvalue weighted by molar-refractivity contribution is -0.135. The number of carbonyl (C=O) groups excluding carboxylic acids is 3. The molecule has 0 spiro atoms. The van der Waals surface area contributed by atoms with E-state index in [2.05, 4.69) is 22.1 Å². The average molecular weight is 496 g/mol. The second-order valence-electron chi connectivity index (χ2n) is 8.44. The molecule has 0 bridgehead atoms. The number of ketones is 1. The predicted molar refractivity (Wildman–Crippen MR) is 132 cm³/mol. The van der Waals surface area contributed by atoms with Gasteiger partial charge < -0.3 is 20.1 Å². The molecule has 0 aliphatic carbocycles. The fourth-order valence-corrected chi connectivity index (χ4v) is 3.89. The van der Waals surface area contributed by atoms with E-state index < -0.39 is 36.1 Å². The first-order valence-electron chi connectivity index (χ1n) is 11.7. The Morgan fingerprint density at radius 3 is 2.56 bits per heavy atom. The Morgan fingerprint density at radius 2 is 1.89 bits per heavy atom. The Hall–Kier alpha value is -3.58. The number of rotatable bonds is 7. The molecule has 1 fully saturated rings. The van der Waals surface area contributed by atoms with Crippen molar-refractivity contribution in [2.75, 3.05) is 47.0 Å². The van der Waals surface area contributed by atoms with Crippen molar-refractivity contribution in [2.24, 2.45) is 0 Å². The molecule has 36 heavy (non-hydrogen) atoms. The number of hydrogen-bond donors (Lipinski definition) is 2. The highest BCUT2D eigenvalue weighted by Crippen LogP contribution is 2.14. The molecule has 0 aromatic heterocycles. The number of carbonyl (C=O) groups is 3. The van der Waals surface area contributed by atoms with Crippen LogP contribution in [-0.4, -0.2) is 85.6 Å². The van der Waals surface area contributed by atoms with Gasteiger partial charge in [0.2, 0.25) is 5.91 Å². The van der Waals surface area contributed by atoms with Gasteiger partial charge in [0, 0.05) is 51.5 Å². The van der Waals surface area contributed by atoms with Gasteiger partial charge in [-0.15, -0.1) is 0 Å². The summed E-state index contributed by atoms with van der Waals surface area (Å²) in [6.07, 6.45) is 0.960. The number of aliphatic hydroxyl groups is 1. The Balaban J connectivity index is 1.68. The van der Waals surface area contributed by atoms with Gasteiger partial charge in [-0.05, 0) is 48.4 Å². The van der Waals surface area contributed by atoms with Crippen LogP contribution in [0.5, 0.6) is 0 Å². The first-order valence-corrected chi connectivity index (χ1v) is 11.7. The third-order valence-electron chi connectivity index (χ3n) is 5.89. The highest BCUT2D eigenvalue weighted by atomic mass is 19.1. The number of benzene rings is 2. The number of aliphatic hydroxyl groups excluding tert-OH is 1. The Labute approximate surface area is 210 Å². The van der Waals surface area contributed by atoms with Crippen molar-refractivity contribution in [3.05, 3.63) is 70.5 Å². The number of nitrogens with one attached hydrogen (secondary N) is 1. The molecule has 190 valence electrons. The molecular weight excluding hydrogens is 465 g/mol. The number of Topliss-reactive ketones (excluding diaryl/α,β-unsaturated/α-hetero) is 1. The van der Waals surface area contributed by atoms with Crippen LogP contribution in [0.4, 0.5) is 4.39 Å². The molecule has 8 nitrogen and oxygen atoms in total. The Bertz CT molecular complexity index is 1130. The van der Waals surface area contributed by atoms with Crippen LogP contribution in [0.25, 0.3) is 0 Å². The molecule has 2 aromatic rings. The maximum absolute atomic E-state index is 14.6. The molecule has 0 radical (unpaired) electrons. The van der Waals surface area contributed by atoms with Gasteiger partial charge in [-0.25, -0.2) is 4.39 Å². The molecule has 1 heterocycles. The summed E-state index contributed by atoms with van der Waals surface area (Å²) in [5.41, 5.74) is 1.95. The van der Waals surface area contributed by atoms with E-state index in [1.54, 1.807) is 18.2 Å². The van der Waals surface area contributed by atoms with Gasteiger partial charge in [0.05, 0.1) is 12.2 Å². The number of nitrogens with zero attached hydrogens (tertiary/aromatic N) is 2. The molecule has 1 unspecified atom stereocenters. The Morgan fingerprint density at radius 1 is 1.14 bits per heavy atom. The van der Waals surface area contributed by atoms with Crippen LogP contribution in [0.3, 0.4) is 0 Å². The van der Waals surface area contributed by atoms with Crippen molar-refractivity contribution in [2.45, 2.75) is 19.0 Å². The van der Waals surface area contributed by atoms with Crippen LogP contribution in [0.2, 0.25) is 0 Å². The van der Waals surface area contributed by atoms with Crippen LogP contribution >= 0.6 is 0 Å². The van der Waals surface area contributed by atoms with Crippen molar-refractivity contribution in [3.63, 3.8) is 0 Å². The number of hydrogen-bond acceptors (Lipinski definition) is 6. The van der Waals surface area contributed by atoms with Crippen LogP contribution in [0.1, 0.15) is 33.5 Å². The lowest BCUT2D eigenvalue weighted by Crippen LogP contribution is -2.52. The van der Waals surface area contributed by atoms with Gasteiger partial charge in [-0.1, -0.05) is 17.9 Å². The van der Waals surface area contributed by atoms with Gasteiger partial charge >= 0.3 is 0 Å². The fourth-order valence-electron chi connectivity index (χ4n) is 3.89. The van der Waals surface area contributed by atoms with E-state index in [9.17, 15) is 18.8 Å². The largest absolute Gasteiger partial charge is 0.388 e. The highest BCUT2D eigenvalue weighted by Gasteiger charge is 2.32. The summed E-state index contributed by atoms with van der Waals surface area (Å²) in [6, 6.07) is 9.82. The first-order chi connectivity index (χ1) is 17.3. The van der Waals surface area contributed by atoms with E-state index in [1.807, 2.05) is 6.07 Å². The monoisotopic (exact) mass is 495 g/mol. The second-order valence-corrected chi connectivity index (χ2v) is 8.44. The van der Waals surface area contributed by atoms with Crippen molar-refractivity contribution in [1.82, 2.24) is 15.1 Å². The first kappa shape index (κ1) is 27.0. The molecular formula is C27H30FN3O5. The molecule has 2 amide bonds. The molecule has 1 saturated heterocycles. The summed E-state index contributed by atoms with van der Waals surface area (Å²) in [4.78, 5) is 40.0. The molecule has 1 aliphatic heterocycles. The molecule has 2 aromatic carbocycles. The van der Waals surface area contributed by atoms with Crippen molar-refractivity contribution in [1.29, 1.82) is 0 Å². The van der Waals surface area contributed by atoms with Crippen LogP contribution in [0, 0.1) is 17.7 Å². The summed E-state index contributed by atoms with van der Waals surface area (Å²) in [5.74, 6) is 3.27. The van der Waals surface area contributed by atoms with Gasteiger partial charge in [-0.2, -0.15) is 0 Å². The van der Waals surface area contributed by atoms with E-state index in [0.717, 1.165) is 36.6 Å². The zero-order chi connectivity index (χ0) is 26.1. The van der Waals surface area contributed by atoms with Gasteiger partial charge in [-0.3, -0.25) is 19.3 Å². The Kier molecular flexibility index (Phi) is 9.70. The third kappa shape index (κ3) is 6.98. The van der Waals surface area contributed by atoms with E-state index in [4.69, 9.17) is 9.84 Å². The highest BCUT2D eigenvalue weighted by molar-refractivity contribution is 6.10. The second kappa shape index (κ2) is 12.9. The molecule has 1 aliphatic rings. The molecule has 0 saturated carbocycles. The topological polar surface area (TPSA) is 99.2 Å². The van der Waals surface area contributed by atoms with E-state index in [-0.39, 0.29) is 11.1 Å². The van der Waals surface area contributed by atoms with Gasteiger partial charge in [0.1, 0.15) is 12.4 Å². The number of likely N-dealkylation sites (N-methyl/N-ethyl adjacent to an activating group) is 2. The van der Waals surface area contributed by atoms with Gasteiger partial charge in [0.25, 0.3) is 5.91 Å². The normalized spacial score (nSPS) is 14.7. The van der Waals surface area contributed by atoms with Crippen molar-refractivity contribution < 1.29 is 28.6 Å². The summed E-state index contributed by atoms with van der Waals surface area (Å²) in [5, 5.41) is 11.5. The predicted octanol–water partition coefficient (Wildman–Crippen LogP) is 1.20. The number of amides is 2. The summed E-state index contributed by atoms with van der Waals surface area (Å²) in [6.45, 7) is 2.97. The number of halogens is 1. The summed E-state index contributed by atoms with van der Waals surface area (Å²) >= 11 is 0. The molecule has 1 atom stereocenters. The van der Waals surface area contributed by atoms with Crippen LogP contribution < -0.4 is 5.32 Å². The average Bonchev–Trinajstić information content (AvgIpc) is 3.16. The third-order valence-corrected chi connectivity index (χ3v) is 5.89. The molecule has 3 rings (SSSR count). The quantitative estimate of drug-likeness (QED) is 0.443. The summed E-state index contributed by atoms with van der Waals surface area (Å²) in [7, 11) is 2.66. The standard InChI is InChI=1S/C27H30FN3O5/c1-29-26(34)25(24(33)18-32)30(2)27(35)22-10-5-19(6-11-22)4-8-21-9-7-20(16-23(21)28)17-31-12-3-14-36-15-13-31/h5-7,9-11,16,25,32H,3,12-15,17-18H2,1-2H3,(H,29,34). The smallest absolute Gasteiger partial charge is 0.254 e. The van der Waals surface area contributed by atoms with Crippen molar-refractivity contribution in [3.8, 4) is 11.8 Å². The molecule has 9 heteroatoms. The maximum Gasteiger partial charge on any atom is 0.254 e. The molecule has 2 N–H and O–H groups in total. The SMILES string of the molecule is CNC(=O)C(C(=O)CO)N(C)C(=O)c1ccc(C#Cc2ccc(CN3CCCOCC3)cc2F)cc1. The van der Waals surface area contributed by atoms with E-state index >= 15 is 0 Å². The maximum atomic E-state index is 14.6. The minimum absolute atomic E-state index is 0.233. The fraction of sp³-hybridized carbons (Fsp3) is 0.370. The zero-order valence-corrected chi connectivity index (χ0v) is 20.4.